The molecule has 4 amide bonds. The molecule has 0 aromatic heterocycles. The van der Waals surface area contributed by atoms with Crippen LogP contribution in [-0.4, -0.2) is 72.0 Å². The molecule has 0 radical (unpaired) electrons. The first-order chi connectivity index (χ1) is 30.6. The summed E-state index contributed by atoms with van der Waals surface area (Å²) in [6.45, 7) is 0. The van der Waals surface area contributed by atoms with Crippen LogP contribution in [0.3, 0.4) is 0 Å². The lowest BCUT2D eigenvalue weighted by molar-refractivity contribution is -0.145. The standard InChI is InChI=1S/C26H38N2O4.C25H36N2O4/c1-32-26(31)22-18-20-13-10-12-19(17-20)11-6-3-2-4-9-16-23(29)28-24(25(30)27-22)21-14-7-5-8-15-21;28-22-15-8-3-1-2-5-10-18-11-9-12-19(16-18)17-21(25(30)31)26-24(29)23(27-22)20-13-6-4-7-14-20/h10,12-13,17,21-22,24H,2-9,11,14-16,18H2,1H3,(H,27,30)(H,28,29);9,11-12,16,20-21,23H,1-8,10,13-15,17H2,(H,26,29)(H,27,28)(H,30,31)/t22-,24-;21-,23-/m00/s1. The molecule has 2 aliphatic carbocycles. The summed E-state index contributed by atoms with van der Waals surface area (Å²) >= 11 is 0. The number of amides is 4. The van der Waals surface area contributed by atoms with E-state index in [1.165, 1.54) is 24.7 Å². The number of nitrogens with one attached hydrogen (secondary N) is 4. The van der Waals surface area contributed by atoms with E-state index in [2.05, 4.69) is 45.5 Å². The summed E-state index contributed by atoms with van der Waals surface area (Å²) in [5.74, 6) is -2.15. The average molecular weight is 871 g/mol. The lowest BCUT2D eigenvalue weighted by Crippen LogP contribution is -2.55. The Morgan fingerprint density at radius 2 is 0.857 bits per heavy atom. The van der Waals surface area contributed by atoms with Gasteiger partial charge in [0, 0.05) is 25.7 Å². The lowest BCUT2D eigenvalue weighted by Gasteiger charge is -2.31. The average Bonchev–Trinajstić information content (AvgIpc) is 3.29. The molecule has 2 heterocycles. The van der Waals surface area contributed by atoms with Gasteiger partial charge in [-0.2, -0.15) is 0 Å². The van der Waals surface area contributed by atoms with Crippen LogP contribution in [0.1, 0.15) is 164 Å². The second-order valence-corrected chi connectivity index (χ2v) is 18.5. The van der Waals surface area contributed by atoms with Crippen molar-refractivity contribution in [2.75, 3.05) is 7.11 Å². The van der Waals surface area contributed by atoms with Crippen molar-refractivity contribution in [2.24, 2.45) is 11.8 Å². The fourth-order valence-corrected chi connectivity index (χ4v) is 9.87. The van der Waals surface area contributed by atoms with Crippen LogP contribution in [0, 0.1) is 11.8 Å². The van der Waals surface area contributed by atoms with E-state index in [4.69, 9.17) is 4.74 Å². The van der Waals surface area contributed by atoms with Gasteiger partial charge in [-0.25, -0.2) is 9.59 Å². The molecule has 2 aliphatic heterocycles. The maximum Gasteiger partial charge on any atom is 0.328 e. The Hall–Kier alpha value is -4.74. The van der Waals surface area contributed by atoms with Crippen LogP contribution in [0.2, 0.25) is 0 Å². The second-order valence-electron chi connectivity index (χ2n) is 18.5. The van der Waals surface area contributed by atoms with Crippen molar-refractivity contribution in [1.82, 2.24) is 21.3 Å². The molecule has 0 unspecified atom stereocenters. The molecule has 4 aliphatic rings. The SMILES string of the molecule is COC(=O)[C@@H]1Cc2cccc(c2)CCCCCCCC(=O)N[C@@H](C2CCCCC2)C(=O)N1.O=C1CCCCCCCc2cccc(c2)C[C@@H](C(=O)O)NC(=O)[C@H](C2CCCCC2)N1. The Morgan fingerprint density at radius 3 is 1.29 bits per heavy atom. The number of carbonyl (C=O) groups excluding carboxylic acids is 5. The minimum absolute atomic E-state index is 0.0672. The predicted octanol–water partition coefficient (Wildman–Crippen LogP) is 7.61. The number of fused-ring (bicyclic) bond motifs is 4. The van der Waals surface area contributed by atoms with Gasteiger partial charge in [-0.15, -0.1) is 0 Å². The van der Waals surface area contributed by atoms with Crippen LogP contribution in [0.25, 0.3) is 0 Å². The maximum atomic E-state index is 13.3. The Kier molecular flexibility index (Phi) is 21.0. The molecule has 0 spiro atoms. The molecule has 0 saturated heterocycles. The summed E-state index contributed by atoms with van der Waals surface area (Å²) in [4.78, 5) is 76.1. The van der Waals surface area contributed by atoms with E-state index in [9.17, 15) is 33.9 Å². The number of esters is 1. The third-order valence-electron chi connectivity index (χ3n) is 13.5. The number of hydrogen-bond acceptors (Lipinski definition) is 7. The number of aryl methyl sites for hydroxylation is 2. The van der Waals surface area contributed by atoms with Gasteiger partial charge in [0.1, 0.15) is 24.2 Å². The normalized spacial score (nSPS) is 24.9. The molecule has 6 rings (SSSR count). The molecule has 12 nitrogen and oxygen atoms in total. The summed E-state index contributed by atoms with van der Waals surface area (Å²) in [6, 6.07) is 13.2. The third kappa shape index (κ3) is 17.1. The first kappa shape index (κ1) is 49.3. The van der Waals surface area contributed by atoms with Crippen LogP contribution < -0.4 is 21.3 Å². The highest BCUT2D eigenvalue weighted by molar-refractivity contribution is 5.92. The fraction of sp³-hybridized carbons (Fsp3) is 0.647. The molecule has 346 valence electrons. The van der Waals surface area contributed by atoms with E-state index in [0.717, 1.165) is 146 Å². The smallest absolute Gasteiger partial charge is 0.328 e. The summed E-state index contributed by atoms with van der Waals surface area (Å²) in [7, 11) is 1.34. The lowest BCUT2D eigenvalue weighted by atomic mass is 9.83. The number of carboxylic acid groups (broad SMARTS) is 1. The summed E-state index contributed by atoms with van der Waals surface area (Å²) in [5.41, 5.74) is 4.36. The van der Waals surface area contributed by atoms with Crippen molar-refractivity contribution < 1.29 is 38.6 Å². The van der Waals surface area contributed by atoms with Crippen LogP contribution >= 0.6 is 0 Å². The first-order valence-electron chi connectivity index (χ1n) is 24.3. The van der Waals surface area contributed by atoms with Crippen LogP contribution in [0.15, 0.2) is 48.5 Å². The molecule has 2 saturated carbocycles. The molecule has 2 fully saturated rings. The maximum absolute atomic E-state index is 13.3. The van der Waals surface area contributed by atoms with Gasteiger partial charge in [-0.05, 0) is 98.3 Å². The van der Waals surface area contributed by atoms with Crippen molar-refractivity contribution in [3.63, 3.8) is 0 Å². The number of methoxy groups -OCH3 is 1. The van der Waals surface area contributed by atoms with Crippen LogP contribution in [0.4, 0.5) is 0 Å². The minimum Gasteiger partial charge on any atom is -0.480 e. The van der Waals surface area contributed by atoms with Gasteiger partial charge >= 0.3 is 11.9 Å². The van der Waals surface area contributed by atoms with Gasteiger partial charge < -0.3 is 31.1 Å². The van der Waals surface area contributed by atoms with Crippen LogP contribution in [0.5, 0.6) is 0 Å². The molecule has 2 aromatic rings. The molecule has 4 atom stereocenters. The number of hydrogen-bond donors (Lipinski definition) is 5. The Bertz CT molecular complexity index is 1790. The van der Waals surface area contributed by atoms with Crippen molar-refractivity contribution in [3.05, 3.63) is 70.8 Å². The zero-order valence-electron chi connectivity index (χ0n) is 37.8. The highest BCUT2D eigenvalue weighted by Gasteiger charge is 2.35. The zero-order chi connectivity index (χ0) is 44.8. The number of carboxylic acids is 1. The molecule has 63 heavy (non-hydrogen) atoms. The second kappa shape index (κ2) is 26.8. The number of benzene rings is 2. The topological polar surface area (TPSA) is 180 Å². The zero-order valence-corrected chi connectivity index (χ0v) is 37.8. The van der Waals surface area contributed by atoms with E-state index < -0.39 is 36.1 Å². The Morgan fingerprint density at radius 1 is 0.492 bits per heavy atom. The van der Waals surface area contributed by atoms with E-state index in [-0.39, 0.29) is 41.9 Å². The highest BCUT2D eigenvalue weighted by Crippen LogP contribution is 2.29. The quantitative estimate of drug-likeness (QED) is 0.195. The third-order valence-corrected chi connectivity index (χ3v) is 13.5. The van der Waals surface area contributed by atoms with Crippen molar-refractivity contribution in [3.8, 4) is 0 Å². The van der Waals surface area contributed by atoms with Gasteiger partial charge in [0.05, 0.1) is 7.11 Å². The minimum atomic E-state index is -1.05. The molecule has 4 bridgehead atoms. The molecule has 2 aromatic carbocycles. The largest absolute Gasteiger partial charge is 0.480 e. The monoisotopic (exact) mass is 871 g/mol. The van der Waals surface area contributed by atoms with E-state index in [1.54, 1.807) is 0 Å². The first-order valence-corrected chi connectivity index (χ1v) is 24.3. The van der Waals surface area contributed by atoms with E-state index in [1.807, 2.05) is 24.3 Å². The summed E-state index contributed by atoms with van der Waals surface area (Å²) in [6.07, 6.45) is 23.9. The van der Waals surface area contributed by atoms with Gasteiger partial charge in [-0.1, -0.05) is 126 Å². The van der Waals surface area contributed by atoms with Gasteiger partial charge in [0.25, 0.3) is 0 Å². The molecule has 5 N–H and O–H groups in total. The number of aliphatic carboxylic acids is 1. The van der Waals surface area contributed by atoms with E-state index >= 15 is 0 Å². The van der Waals surface area contributed by atoms with Gasteiger partial charge in [-0.3, -0.25) is 19.2 Å². The highest BCUT2D eigenvalue weighted by atomic mass is 16.5. The number of rotatable bonds is 4. The van der Waals surface area contributed by atoms with Gasteiger partial charge in [0.2, 0.25) is 23.6 Å². The molecular formula is C51H74N4O8. The summed E-state index contributed by atoms with van der Waals surface area (Å²) < 4.78 is 4.99. The van der Waals surface area contributed by atoms with Gasteiger partial charge in [0.15, 0.2) is 0 Å². The molecular weight excluding hydrogens is 797 g/mol. The predicted molar refractivity (Wildman–Crippen MR) is 244 cm³/mol. The van der Waals surface area contributed by atoms with Crippen molar-refractivity contribution in [2.45, 2.75) is 191 Å². The van der Waals surface area contributed by atoms with Crippen molar-refractivity contribution in [1.29, 1.82) is 0 Å². The van der Waals surface area contributed by atoms with Crippen molar-refractivity contribution >= 4 is 35.6 Å². The Balaban J connectivity index is 0.000000238. The van der Waals surface area contributed by atoms with Crippen LogP contribution in [-0.2, 0) is 59.2 Å². The number of carbonyl (C=O) groups is 6. The fourth-order valence-electron chi connectivity index (χ4n) is 9.87. The Labute approximate surface area is 375 Å². The molecule has 12 heteroatoms. The van der Waals surface area contributed by atoms with E-state index in [0.29, 0.717) is 19.3 Å². The number of ether oxygens (including phenoxy) is 1. The summed E-state index contributed by atoms with van der Waals surface area (Å²) in [5, 5.41) is 21.4.